The van der Waals surface area contributed by atoms with Crippen LogP contribution < -0.4 is 0 Å². The van der Waals surface area contributed by atoms with Gasteiger partial charge < -0.3 is 0 Å². The van der Waals surface area contributed by atoms with Crippen molar-refractivity contribution in [3.05, 3.63) is 107 Å². The highest BCUT2D eigenvalue weighted by Crippen LogP contribution is 3.15. The smallest absolute Gasteiger partial charge is 0.0196 e. The van der Waals surface area contributed by atoms with Crippen LogP contribution in [0.3, 0.4) is 0 Å². The SMILES string of the molecule is CC12Cc3ccccc3C3CC4(c5ccccc5)C1(c1ccccc1)C324. The molecule has 0 N–H and O–H groups in total. The van der Waals surface area contributed by atoms with Crippen LogP contribution in [0.1, 0.15) is 41.5 Å². The number of fused-ring (bicyclic) bond motifs is 4. The molecule has 3 saturated carbocycles. The molecule has 0 heterocycles. The van der Waals surface area contributed by atoms with Gasteiger partial charge in [0.25, 0.3) is 0 Å². The van der Waals surface area contributed by atoms with E-state index in [9.17, 15) is 0 Å². The van der Waals surface area contributed by atoms with E-state index in [1.54, 1.807) is 22.3 Å². The molecule has 0 amide bonds. The summed E-state index contributed by atoms with van der Waals surface area (Å²) in [6.07, 6.45) is 2.56. The molecule has 5 unspecified atom stereocenters. The summed E-state index contributed by atoms with van der Waals surface area (Å²) in [6.45, 7) is 2.59. The lowest BCUT2D eigenvalue weighted by Gasteiger charge is -2.56. The Morgan fingerprint density at radius 2 is 1.35 bits per heavy atom. The lowest BCUT2D eigenvalue weighted by molar-refractivity contribution is 0.0607. The zero-order valence-electron chi connectivity index (χ0n) is 15.1. The first-order chi connectivity index (χ1) is 12.8. The van der Waals surface area contributed by atoms with E-state index in [0.29, 0.717) is 21.7 Å². The zero-order chi connectivity index (χ0) is 17.2. The molecule has 0 aliphatic heterocycles. The van der Waals surface area contributed by atoms with Crippen molar-refractivity contribution in [1.29, 1.82) is 0 Å². The zero-order valence-corrected chi connectivity index (χ0v) is 15.1. The van der Waals surface area contributed by atoms with E-state index >= 15 is 0 Å². The van der Waals surface area contributed by atoms with Crippen molar-refractivity contribution < 1.29 is 0 Å². The Hall–Kier alpha value is -2.34. The van der Waals surface area contributed by atoms with Gasteiger partial charge in [-0.25, -0.2) is 0 Å². The predicted octanol–water partition coefficient (Wildman–Crippen LogP) is 5.63. The van der Waals surface area contributed by atoms with Gasteiger partial charge in [-0.3, -0.25) is 0 Å². The van der Waals surface area contributed by atoms with Crippen molar-refractivity contribution in [3.8, 4) is 0 Å². The van der Waals surface area contributed by atoms with E-state index < -0.39 is 0 Å². The molecule has 0 saturated heterocycles. The van der Waals surface area contributed by atoms with E-state index in [0.717, 1.165) is 5.92 Å². The highest BCUT2D eigenvalue weighted by molar-refractivity contribution is 5.82. The first kappa shape index (κ1) is 13.8. The van der Waals surface area contributed by atoms with Crippen LogP contribution in [0.15, 0.2) is 84.9 Å². The molecule has 5 atom stereocenters. The van der Waals surface area contributed by atoms with Crippen molar-refractivity contribution in [3.63, 3.8) is 0 Å². The number of rotatable bonds is 2. The molecule has 0 bridgehead atoms. The van der Waals surface area contributed by atoms with E-state index in [-0.39, 0.29) is 0 Å². The Balaban J connectivity index is 1.52. The van der Waals surface area contributed by atoms with Crippen molar-refractivity contribution in [1.82, 2.24) is 0 Å². The van der Waals surface area contributed by atoms with Gasteiger partial charge in [-0.15, -0.1) is 0 Å². The minimum Gasteiger partial charge on any atom is -0.0622 e. The maximum atomic E-state index is 2.59. The van der Waals surface area contributed by atoms with Gasteiger partial charge in [0, 0.05) is 16.2 Å². The monoisotopic (exact) mass is 334 g/mol. The van der Waals surface area contributed by atoms with Gasteiger partial charge in [0.05, 0.1) is 0 Å². The molecular formula is C26H22. The summed E-state index contributed by atoms with van der Waals surface area (Å²) in [7, 11) is 0. The van der Waals surface area contributed by atoms with Crippen molar-refractivity contribution in [2.24, 2.45) is 10.8 Å². The Morgan fingerprint density at radius 1 is 0.731 bits per heavy atom. The van der Waals surface area contributed by atoms with E-state index in [2.05, 4.69) is 91.9 Å². The van der Waals surface area contributed by atoms with Gasteiger partial charge >= 0.3 is 0 Å². The van der Waals surface area contributed by atoms with E-state index in [4.69, 9.17) is 0 Å². The molecule has 7 rings (SSSR count). The molecule has 1 spiro atoms. The fourth-order valence-corrected chi connectivity index (χ4v) is 8.73. The number of hydrogen-bond donors (Lipinski definition) is 0. The average molecular weight is 334 g/mol. The quantitative estimate of drug-likeness (QED) is 0.570. The van der Waals surface area contributed by atoms with E-state index in [1.165, 1.54) is 12.8 Å². The summed E-state index contributed by atoms with van der Waals surface area (Å²) < 4.78 is 0. The molecule has 0 aromatic heterocycles. The van der Waals surface area contributed by atoms with Gasteiger partial charge in [0.1, 0.15) is 0 Å². The summed E-state index contributed by atoms with van der Waals surface area (Å²) in [5.41, 5.74) is 7.98. The second-order valence-corrected chi connectivity index (χ2v) is 9.16. The van der Waals surface area contributed by atoms with Crippen LogP contribution in [0, 0.1) is 10.8 Å². The molecule has 126 valence electrons. The molecule has 4 aliphatic rings. The van der Waals surface area contributed by atoms with Crippen LogP contribution in [0.4, 0.5) is 0 Å². The van der Waals surface area contributed by atoms with Gasteiger partial charge in [-0.05, 0) is 46.4 Å². The number of hydrogen-bond acceptors (Lipinski definition) is 0. The van der Waals surface area contributed by atoms with Gasteiger partial charge in [0.2, 0.25) is 0 Å². The maximum absolute atomic E-state index is 2.59. The van der Waals surface area contributed by atoms with Crippen molar-refractivity contribution in [2.75, 3.05) is 0 Å². The summed E-state index contributed by atoms with van der Waals surface area (Å²) in [5.74, 6) is 0.734. The van der Waals surface area contributed by atoms with Crippen LogP contribution in [0.2, 0.25) is 0 Å². The molecule has 0 nitrogen and oxygen atoms in total. The minimum atomic E-state index is 0.333. The van der Waals surface area contributed by atoms with E-state index in [1.807, 2.05) is 0 Å². The average Bonchev–Trinajstić information content (AvgIpc) is 3.40. The minimum absolute atomic E-state index is 0.333. The normalized spacial score (nSPS) is 42.7. The second kappa shape index (κ2) is 3.83. The highest BCUT2D eigenvalue weighted by Gasteiger charge is 3.16. The van der Waals surface area contributed by atoms with Crippen LogP contribution in [-0.2, 0) is 17.3 Å². The molecular weight excluding hydrogens is 312 g/mol. The summed E-state index contributed by atoms with van der Waals surface area (Å²) in [6, 6.07) is 32.1. The molecule has 3 aromatic rings. The Bertz CT molecular complexity index is 1070. The topological polar surface area (TPSA) is 0 Å². The van der Waals surface area contributed by atoms with Crippen LogP contribution in [0.5, 0.6) is 0 Å². The highest BCUT2D eigenvalue weighted by atomic mass is 15.2. The fraction of sp³-hybridized carbons (Fsp3) is 0.308. The summed E-state index contributed by atoms with van der Waals surface area (Å²) in [5, 5.41) is 0. The van der Waals surface area contributed by atoms with Crippen molar-refractivity contribution in [2.45, 2.75) is 36.5 Å². The predicted molar refractivity (Wildman–Crippen MR) is 104 cm³/mol. The first-order valence-corrected chi connectivity index (χ1v) is 9.94. The lowest BCUT2D eigenvalue weighted by atomic mass is 9.46. The second-order valence-electron chi connectivity index (χ2n) is 9.16. The van der Waals surface area contributed by atoms with Crippen LogP contribution in [-0.4, -0.2) is 0 Å². The lowest BCUT2D eigenvalue weighted by Crippen LogP contribution is -2.53. The molecule has 0 heteroatoms. The van der Waals surface area contributed by atoms with Crippen LogP contribution in [0.25, 0.3) is 0 Å². The van der Waals surface area contributed by atoms with Gasteiger partial charge in [-0.2, -0.15) is 0 Å². The molecule has 3 aromatic carbocycles. The van der Waals surface area contributed by atoms with Gasteiger partial charge in [-0.1, -0.05) is 91.9 Å². The Labute approximate surface area is 154 Å². The first-order valence-electron chi connectivity index (χ1n) is 9.94. The standard InChI is InChI=1S/C26H22/c1-23-16-18-10-8-9-15-21(18)22-17-24(19-11-4-2-5-12-19)25(23,26(22,23)24)20-13-6-3-7-14-20/h2-15,22H,16-17H2,1H3. The molecule has 4 aliphatic carbocycles. The number of benzene rings is 3. The fourth-order valence-electron chi connectivity index (χ4n) is 8.73. The third-order valence-electron chi connectivity index (χ3n) is 8.96. The maximum Gasteiger partial charge on any atom is 0.0196 e. The molecule has 0 radical (unpaired) electrons. The van der Waals surface area contributed by atoms with Crippen molar-refractivity contribution >= 4 is 0 Å². The Morgan fingerprint density at radius 3 is 2.08 bits per heavy atom. The molecule has 3 fully saturated rings. The summed E-state index contributed by atoms with van der Waals surface area (Å²) >= 11 is 0. The summed E-state index contributed by atoms with van der Waals surface area (Å²) in [4.78, 5) is 0. The third kappa shape index (κ3) is 0.969. The third-order valence-corrected chi connectivity index (χ3v) is 8.96. The van der Waals surface area contributed by atoms with Crippen LogP contribution >= 0.6 is 0 Å². The Kier molecular flexibility index (Phi) is 2.04. The van der Waals surface area contributed by atoms with Gasteiger partial charge in [0.15, 0.2) is 0 Å². The molecule has 26 heavy (non-hydrogen) atoms. The largest absolute Gasteiger partial charge is 0.0622 e.